The number of aliphatic imine (C=N–C) groups is 1. The minimum atomic E-state index is -0.552. The van der Waals surface area contributed by atoms with Crippen molar-refractivity contribution in [3.8, 4) is 0 Å². The van der Waals surface area contributed by atoms with Crippen LogP contribution in [0.3, 0.4) is 0 Å². The van der Waals surface area contributed by atoms with Crippen molar-refractivity contribution in [2.45, 2.75) is 46.6 Å². The van der Waals surface area contributed by atoms with Gasteiger partial charge in [0.1, 0.15) is 0 Å². The fourth-order valence-corrected chi connectivity index (χ4v) is 2.72. The van der Waals surface area contributed by atoms with E-state index in [1.165, 1.54) is 0 Å². The minimum absolute atomic E-state index is 0.00867. The number of rotatable bonds is 8. The van der Waals surface area contributed by atoms with Gasteiger partial charge in [0, 0.05) is 32.2 Å². The van der Waals surface area contributed by atoms with E-state index < -0.39 is 5.41 Å². The summed E-state index contributed by atoms with van der Waals surface area (Å²) in [5, 5.41) is 9.53. The number of hydrogen-bond acceptors (Lipinski definition) is 4. The lowest BCUT2D eigenvalue weighted by Crippen LogP contribution is -2.50. The Morgan fingerprint density at radius 1 is 1.16 bits per heavy atom. The fraction of sp³-hybridized carbons (Fsp3) is 0.824. The number of hydrogen-bond donors (Lipinski definition) is 4. The Hall–Kier alpha value is -1.83. The summed E-state index contributed by atoms with van der Waals surface area (Å²) in [5.41, 5.74) is 4.69. The molecule has 0 aliphatic carbocycles. The standard InChI is InChI=1S/C17H34N6O2/c1-5-19-15(25)17(3,4)12-21-16(20-6-2)22-13-7-9-23(10-8-13)11-14(18)24/h13H,5-12H2,1-4H3,(H2,18,24)(H,19,25)(H2,20,21,22). The minimum Gasteiger partial charge on any atom is -0.369 e. The molecule has 0 bridgehead atoms. The molecule has 1 heterocycles. The van der Waals surface area contributed by atoms with Gasteiger partial charge in [-0.2, -0.15) is 0 Å². The summed E-state index contributed by atoms with van der Waals surface area (Å²) in [6.45, 7) is 11.5. The molecule has 5 N–H and O–H groups in total. The zero-order chi connectivity index (χ0) is 18.9. The van der Waals surface area contributed by atoms with Gasteiger partial charge in [-0.1, -0.05) is 0 Å². The molecule has 1 aliphatic rings. The molecule has 2 amide bonds. The van der Waals surface area contributed by atoms with Gasteiger partial charge in [0.15, 0.2) is 5.96 Å². The number of likely N-dealkylation sites (tertiary alicyclic amines) is 1. The summed E-state index contributed by atoms with van der Waals surface area (Å²) < 4.78 is 0. The molecule has 25 heavy (non-hydrogen) atoms. The first-order valence-corrected chi connectivity index (χ1v) is 9.12. The Labute approximate surface area is 151 Å². The highest BCUT2D eigenvalue weighted by atomic mass is 16.2. The molecule has 1 fully saturated rings. The van der Waals surface area contributed by atoms with E-state index >= 15 is 0 Å². The van der Waals surface area contributed by atoms with Crippen LogP contribution in [0.5, 0.6) is 0 Å². The van der Waals surface area contributed by atoms with Crippen LogP contribution in [0.25, 0.3) is 0 Å². The molecule has 0 atom stereocenters. The summed E-state index contributed by atoms with van der Waals surface area (Å²) in [4.78, 5) is 29.7. The predicted molar refractivity (Wildman–Crippen MR) is 100 cm³/mol. The Bertz CT molecular complexity index is 470. The van der Waals surface area contributed by atoms with E-state index in [0.29, 0.717) is 25.7 Å². The second-order valence-electron chi connectivity index (χ2n) is 7.10. The summed E-state index contributed by atoms with van der Waals surface area (Å²) in [7, 11) is 0. The van der Waals surface area contributed by atoms with E-state index in [4.69, 9.17) is 5.73 Å². The van der Waals surface area contributed by atoms with Crippen molar-refractivity contribution in [3.63, 3.8) is 0 Å². The first-order chi connectivity index (χ1) is 11.8. The molecule has 0 saturated carbocycles. The summed E-state index contributed by atoms with van der Waals surface area (Å²) >= 11 is 0. The highest BCUT2D eigenvalue weighted by Crippen LogP contribution is 2.16. The molecule has 0 unspecified atom stereocenters. The van der Waals surface area contributed by atoms with E-state index in [1.54, 1.807) is 0 Å². The Kier molecular flexibility index (Phi) is 8.68. The second kappa shape index (κ2) is 10.2. The second-order valence-corrected chi connectivity index (χ2v) is 7.10. The maximum Gasteiger partial charge on any atom is 0.231 e. The maximum atomic E-state index is 12.1. The van der Waals surface area contributed by atoms with Gasteiger partial charge in [-0.25, -0.2) is 0 Å². The van der Waals surface area contributed by atoms with E-state index in [1.807, 2.05) is 27.7 Å². The molecule has 0 aromatic rings. The normalized spacial score (nSPS) is 17.2. The van der Waals surface area contributed by atoms with Gasteiger partial charge in [0.25, 0.3) is 0 Å². The summed E-state index contributed by atoms with van der Waals surface area (Å²) in [5.74, 6) is 0.455. The van der Waals surface area contributed by atoms with Gasteiger partial charge in [-0.15, -0.1) is 0 Å². The summed E-state index contributed by atoms with van der Waals surface area (Å²) in [6.07, 6.45) is 1.86. The van der Waals surface area contributed by atoms with Crippen molar-refractivity contribution in [1.82, 2.24) is 20.9 Å². The number of nitrogens with one attached hydrogen (secondary N) is 3. The molecular weight excluding hydrogens is 320 g/mol. The molecule has 0 aromatic heterocycles. The van der Waals surface area contributed by atoms with Crippen LogP contribution >= 0.6 is 0 Å². The van der Waals surface area contributed by atoms with Gasteiger partial charge in [-0.3, -0.25) is 19.5 Å². The van der Waals surface area contributed by atoms with Gasteiger partial charge in [0.2, 0.25) is 11.8 Å². The van der Waals surface area contributed by atoms with Crippen LogP contribution in [0.15, 0.2) is 4.99 Å². The monoisotopic (exact) mass is 354 g/mol. The summed E-state index contributed by atoms with van der Waals surface area (Å²) in [6, 6.07) is 0.300. The SMILES string of the molecule is CCNC(=O)C(C)(C)CN=C(NCC)NC1CCN(CC(N)=O)CC1. The third kappa shape index (κ3) is 7.72. The van der Waals surface area contributed by atoms with Crippen molar-refractivity contribution in [1.29, 1.82) is 0 Å². The largest absolute Gasteiger partial charge is 0.369 e. The number of amides is 2. The lowest BCUT2D eigenvalue weighted by molar-refractivity contribution is -0.128. The fourth-order valence-electron chi connectivity index (χ4n) is 2.72. The number of nitrogens with zero attached hydrogens (tertiary/aromatic N) is 2. The average molecular weight is 354 g/mol. The van der Waals surface area contributed by atoms with Crippen LogP contribution in [0.4, 0.5) is 0 Å². The number of guanidine groups is 1. The van der Waals surface area contributed by atoms with Crippen LogP contribution in [0, 0.1) is 5.41 Å². The quantitative estimate of drug-likeness (QED) is 0.352. The molecule has 8 nitrogen and oxygen atoms in total. The van der Waals surface area contributed by atoms with E-state index in [0.717, 1.165) is 38.4 Å². The van der Waals surface area contributed by atoms with Crippen molar-refractivity contribution in [2.75, 3.05) is 39.3 Å². The number of nitrogens with two attached hydrogens (primary N) is 1. The topological polar surface area (TPSA) is 112 Å². The van der Waals surface area contributed by atoms with Crippen molar-refractivity contribution in [2.24, 2.45) is 16.1 Å². The number of primary amides is 1. The third-order valence-electron chi connectivity index (χ3n) is 4.24. The Morgan fingerprint density at radius 2 is 1.76 bits per heavy atom. The van der Waals surface area contributed by atoms with Crippen molar-refractivity contribution >= 4 is 17.8 Å². The first-order valence-electron chi connectivity index (χ1n) is 9.12. The Morgan fingerprint density at radius 3 is 2.28 bits per heavy atom. The van der Waals surface area contributed by atoms with Crippen LogP contribution in [0.2, 0.25) is 0 Å². The van der Waals surface area contributed by atoms with Crippen LogP contribution in [0.1, 0.15) is 40.5 Å². The molecule has 0 radical (unpaired) electrons. The Balaban J connectivity index is 2.56. The zero-order valence-electron chi connectivity index (χ0n) is 16.0. The highest BCUT2D eigenvalue weighted by Gasteiger charge is 2.27. The molecular formula is C17H34N6O2. The van der Waals surface area contributed by atoms with Crippen molar-refractivity contribution in [3.05, 3.63) is 0 Å². The molecule has 0 aromatic carbocycles. The van der Waals surface area contributed by atoms with Crippen LogP contribution in [-0.4, -0.2) is 68.0 Å². The highest BCUT2D eigenvalue weighted by molar-refractivity contribution is 5.83. The average Bonchev–Trinajstić information content (AvgIpc) is 2.54. The first kappa shape index (κ1) is 21.2. The van der Waals surface area contributed by atoms with Gasteiger partial charge in [0.05, 0.1) is 18.5 Å². The zero-order valence-corrected chi connectivity index (χ0v) is 16.0. The number of piperidine rings is 1. The molecule has 0 spiro atoms. The molecule has 1 rings (SSSR count). The molecule has 144 valence electrons. The van der Waals surface area contributed by atoms with E-state index in [2.05, 4.69) is 25.8 Å². The smallest absolute Gasteiger partial charge is 0.231 e. The van der Waals surface area contributed by atoms with Gasteiger partial charge in [-0.05, 0) is 40.5 Å². The van der Waals surface area contributed by atoms with Crippen molar-refractivity contribution < 1.29 is 9.59 Å². The number of carbonyl (C=O) groups excluding carboxylic acids is 2. The maximum absolute atomic E-state index is 12.1. The van der Waals surface area contributed by atoms with Gasteiger partial charge >= 0.3 is 0 Å². The molecule has 8 heteroatoms. The third-order valence-corrected chi connectivity index (χ3v) is 4.24. The van der Waals surface area contributed by atoms with Gasteiger partial charge < -0.3 is 21.7 Å². The predicted octanol–water partition coefficient (Wildman–Crippen LogP) is -0.346. The lowest BCUT2D eigenvalue weighted by Gasteiger charge is -2.32. The van der Waals surface area contributed by atoms with E-state index in [9.17, 15) is 9.59 Å². The molecule has 1 aliphatic heterocycles. The molecule has 1 saturated heterocycles. The number of carbonyl (C=O) groups is 2. The van der Waals surface area contributed by atoms with Crippen LogP contribution < -0.4 is 21.7 Å². The van der Waals surface area contributed by atoms with Crippen LogP contribution in [-0.2, 0) is 9.59 Å². The van der Waals surface area contributed by atoms with E-state index in [-0.39, 0.29) is 11.8 Å². The lowest BCUT2D eigenvalue weighted by atomic mass is 9.92.